The smallest absolute Gasteiger partial charge is 0.239 e. The summed E-state index contributed by atoms with van der Waals surface area (Å²) in [6.07, 6.45) is 3.57. The lowest BCUT2D eigenvalue weighted by molar-refractivity contribution is -0.126. The summed E-state index contributed by atoms with van der Waals surface area (Å²) in [5, 5.41) is 2.91. The van der Waals surface area contributed by atoms with Gasteiger partial charge in [-0.1, -0.05) is 43.7 Å². The van der Waals surface area contributed by atoms with E-state index in [4.69, 9.17) is 5.73 Å². The Bertz CT molecular complexity index is 360. The maximum absolute atomic E-state index is 11.8. The SMILES string of the molecule is CCCC(C)(N)C(=O)NCCCc1ccccc1. The van der Waals surface area contributed by atoms with Crippen LogP contribution in [0.3, 0.4) is 0 Å². The van der Waals surface area contributed by atoms with Crippen LogP contribution in [0.1, 0.15) is 38.7 Å². The van der Waals surface area contributed by atoms with E-state index in [0.29, 0.717) is 6.54 Å². The predicted molar refractivity (Wildman–Crippen MR) is 75.3 cm³/mol. The molecule has 0 aliphatic rings. The van der Waals surface area contributed by atoms with Crippen molar-refractivity contribution in [3.8, 4) is 0 Å². The number of carbonyl (C=O) groups excluding carboxylic acids is 1. The van der Waals surface area contributed by atoms with Gasteiger partial charge in [0.25, 0.3) is 0 Å². The number of rotatable bonds is 7. The third-order valence-corrected chi connectivity index (χ3v) is 3.06. The van der Waals surface area contributed by atoms with E-state index < -0.39 is 5.54 Å². The van der Waals surface area contributed by atoms with Crippen LogP contribution in [0.2, 0.25) is 0 Å². The summed E-state index contributed by atoms with van der Waals surface area (Å²) in [4.78, 5) is 11.8. The Hall–Kier alpha value is -1.35. The quantitative estimate of drug-likeness (QED) is 0.727. The molecule has 0 fully saturated rings. The Morgan fingerprint density at radius 2 is 2.00 bits per heavy atom. The summed E-state index contributed by atoms with van der Waals surface area (Å²) in [6, 6.07) is 10.3. The number of nitrogens with two attached hydrogens (primary N) is 1. The minimum atomic E-state index is -0.735. The van der Waals surface area contributed by atoms with E-state index in [1.807, 2.05) is 25.1 Å². The van der Waals surface area contributed by atoms with Gasteiger partial charge in [-0.25, -0.2) is 0 Å². The van der Waals surface area contributed by atoms with Gasteiger partial charge in [0, 0.05) is 6.54 Å². The molecular formula is C15H24N2O. The number of hydrogen-bond donors (Lipinski definition) is 2. The van der Waals surface area contributed by atoms with Crippen molar-refractivity contribution < 1.29 is 4.79 Å². The maximum atomic E-state index is 11.8. The summed E-state index contributed by atoms with van der Waals surface area (Å²) in [6.45, 7) is 4.51. The number of benzene rings is 1. The molecule has 0 aliphatic carbocycles. The average molecular weight is 248 g/mol. The van der Waals surface area contributed by atoms with E-state index in [9.17, 15) is 4.79 Å². The van der Waals surface area contributed by atoms with E-state index in [0.717, 1.165) is 25.7 Å². The van der Waals surface area contributed by atoms with Gasteiger partial charge in [-0.3, -0.25) is 4.79 Å². The first-order valence-corrected chi connectivity index (χ1v) is 6.67. The van der Waals surface area contributed by atoms with Gasteiger partial charge in [0.15, 0.2) is 0 Å². The van der Waals surface area contributed by atoms with Crippen LogP contribution in [0, 0.1) is 0 Å². The molecule has 3 nitrogen and oxygen atoms in total. The molecule has 0 radical (unpaired) electrons. The van der Waals surface area contributed by atoms with Crippen LogP contribution in [0.25, 0.3) is 0 Å². The molecular weight excluding hydrogens is 224 g/mol. The number of carbonyl (C=O) groups is 1. The molecule has 18 heavy (non-hydrogen) atoms. The van der Waals surface area contributed by atoms with Gasteiger partial charge in [-0.05, 0) is 31.7 Å². The lowest BCUT2D eigenvalue weighted by atomic mass is 9.96. The molecule has 0 bridgehead atoms. The van der Waals surface area contributed by atoms with Crippen molar-refractivity contribution in [2.45, 2.75) is 45.1 Å². The van der Waals surface area contributed by atoms with E-state index in [1.54, 1.807) is 6.92 Å². The second-order valence-corrected chi connectivity index (χ2v) is 5.01. The zero-order valence-electron chi connectivity index (χ0n) is 11.4. The van der Waals surface area contributed by atoms with E-state index >= 15 is 0 Å². The third kappa shape index (κ3) is 4.88. The molecule has 1 aromatic carbocycles. The van der Waals surface area contributed by atoms with Crippen molar-refractivity contribution >= 4 is 5.91 Å². The topological polar surface area (TPSA) is 55.1 Å². The molecule has 0 saturated heterocycles. The number of hydrogen-bond acceptors (Lipinski definition) is 2. The fraction of sp³-hybridized carbons (Fsp3) is 0.533. The molecule has 3 heteroatoms. The van der Waals surface area contributed by atoms with Crippen LogP contribution in [-0.2, 0) is 11.2 Å². The van der Waals surface area contributed by atoms with E-state index in [2.05, 4.69) is 17.4 Å². The zero-order valence-corrected chi connectivity index (χ0v) is 11.4. The first-order chi connectivity index (χ1) is 8.56. The molecule has 0 aliphatic heterocycles. The van der Waals surface area contributed by atoms with Crippen LogP contribution in [0.15, 0.2) is 30.3 Å². The predicted octanol–water partition coefficient (Wildman–Crippen LogP) is 2.25. The average Bonchev–Trinajstić information content (AvgIpc) is 2.35. The zero-order chi connectivity index (χ0) is 13.4. The molecule has 1 atom stereocenters. The van der Waals surface area contributed by atoms with Gasteiger partial charge >= 0.3 is 0 Å². The number of aryl methyl sites for hydroxylation is 1. The van der Waals surface area contributed by atoms with E-state index in [-0.39, 0.29) is 5.91 Å². The highest BCUT2D eigenvalue weighted by atomic mass is 16.2. The molecule has 1 rings (SSSR count). The highest BCUT2D eigenvalue weighted by Crippen LogP contribution is 2.08. The molecule has 100 valence electrons. The van der Waals surface area contributed by atoms with Gasteiger partial charge in [0.2, 0.25) is 5.91 Å². The molecule has 0 spiro atoms. The Morgan fingerprint density at radius 3 is 2.61 bits per heavy atom. The van der Waals surface area contributed by atoms with Gasteiger partial charge in [-0.2, -0.15) is 0 Å². The lowest BCUT2D eigenvalue weighted by Gasteiger charge is -2.22. The van der Waals surface area contributed by atoms with Crippen molar-refractivity contribution in [3.63, 3.8) is 0 Å². The Labute approximate surface area is 110 Å². The standard InChI is InChI=1S/C15H24N2O/c1-3-11-15(2,16)14(18)17-12-7-10-13-8-5-4-6-9-13/h4-6,8-9H,3,7,10-12,16H2,1-2H3,(H,17,18). The molecule has 0 heterocycles. The fourth-order valence-corrected chi connectivity index (χ4v) is 1.97. The highest BCUT2D eigenvalue weighted by molar-refractivity contribution is 5.85. The highest BCUT2D eigenvalue weighted by Gasteiger charge is 2.26. The fourth-order valence-electron chi connectivity index (χ4n) is 1.97. The Kier molecular flexibility index (Phi) is 5.86. The normalized spacial score (nSPS) is 13.9. The van der Waals surface area contributed by atoms with Crippen LogP contribution < -0.4 is 11.1 Å². The number of amides is 1. The first kappa shape index (κ1) is 14.7. The third-order valence-electron chi connectivity index (χ3n) is 3.06. The van der Waals surface area contributed by atoms with Crippen molar-refractivity contribution in [2.75, 3.05) is 6.54 Å². The second-order valence-electron chi connectivity index (χ2n) is 5.01. The summed E-state index contributed by atoms with van der Waals surface area (Å²) >= 11 is 0. The molecule has 1 unspecified atom stereocenters. The van der Waals surface area contributed by atoms with Crippen LogP contribution in [0.5, 0.6) is 0 Å². The second kappa shape index (κ2) is 7.17. The van der Waals surface area contributed by atoms with Crippen molar-refractivity contribution in [3.05, 3.63) is 35.9 Å². The van der Waals surface area contributed by atoms with Crippen LogP contribution in [-0.4, -0.2) is 18.0 Å². The van der Waals surface area contributed by atoms with Crippen molar-refractivity contribution in [1.29, 1.82) is 0 Å². The molecule has 1 amide bonds. The van der Waals surface area contributed by atoms with E-state index in [1.165, 1.54) is 5.56 Å². The minimum absolute atomic E-state index is 0.0441. The molecule has 3 N–H and O–H groups in total. The Morgan fingerprint density at radius 1 is 1.33 bits per heavy atom. The molecule has 0 aromatic heterocycles. The molecule has 0 saturated carbocycles. The summed E-state index contributed by atoms with van der Waals surface area (Å²) in [5.41, 5.74) is 6.52. The van der Waals surface area contributed by atoms with Gasteiger partial charge < -0.3 is 11.1 Å². The monoisotopic (exact) mass is 248 g/mol. The van der Waals surface area contributed by atoms with Crippen molar-refractivity contribution in [2.24, 2.45) is 5.73 Å². The molecule has 1 aromatic rings. The summed E-state index contributed by atoms with van der Waals surface area (Å²) in [5.74, 6) is -0.0441. The first-order valence-electron chi connectivity index (χ1n) is 6.67. The van der Waals surface area contributed by atoms with Gasteiger partial charge in [-0.15, -0.1) is 0 Å². The van der Waals surface area contributed by atoms with Crippen molar-refractivity contribution in [1.82, 2.24) is 5.32 Å². The maximum Gasteiger partial charge on any atom is 0.239 e. The van der Waals surface area contributed by atoms with Crippen LogP contribution >= 0.6 is 0 Å². The van der Waals surface area contributed by atoms with Gasteiger partial charge in [0.1, 0.15) is 0 Å². The Balaban J connectivity index is 2.24. The largest absolute Gasteiger partial charge is 0.355 e. The number of nitrogens with one attached hydrogen (secondary N) is 1. The summed E-state index contributed by atoms with van der Waals surface area (Å²) < 4.78 is 0. The van der Waals surface area contributed by atoms with Crippen LogP contribution in [0.4, 0.5) is 0 Å². The lowest BCUT2D eigenvalue weighted by Crippen LogP contribution is -2.51. The summed E-state index contributed by atoms with van der Waals surface area (Å²) in [7, 11) is 0. The minimum Gasteiger partial charge on any atom is -0.355 e. The van der Waals surface area contributed by atoms with Gasteiger partial charge in [0.05, 0.1) is 5.54 Å².